The Kier molecular flexibility index (Phi) is 4.89. The minimum atomic E-state index is -0.843. The summed E-state index contributed by atoms with van der Waals surface area (Å²) in [7, 11) is 0. The van der Waals surface area contributed by atoms with Crippen molar-refractivity contribution in [3.8, 4) is 0 Å². The monoisotopic (exact) mass is 303 g/mol. The van der Waals surface area contributed by atoms with Crippen LogP contribution in [0.1, 0.15) is 57.9 Å². The Bertz CT molecular complexity index is 533. The lowest BCUT2D eigenvalue weighted by Crippen LogP contribution is -2.54. The lowest BCUT2D eigenvalue weighted by Gasteiger charge is -2.41. The molecule has 0 aromatic heterocycles. The van der Waals surface area contributed by atoms with E-state index >= 15 is 0 Å². The van der Waals surface area contributed by atoms with Gasteiger partial charge in [-0.1, -0.05) is 44.2 Å². The van der Waals surface area contributed by atoms with E-state index in [2.05, 4.69) is 31.3 Å². The van der Waals surface area contributed by atoms with Gasteiger partial charge in [-0.15, -0.1) is 0 Å². The van der Waals surface area contributed by atoms with E-state index in [1.54, 1.807) is 0 Å². The smallest absolute Gasteiger partial charge is 0.305 e. The average molecular weight is 303 g/mol. The van der Waals surface area contributed by atoms with Crippen LogP contribution in [0, 0.1) is 0 Å². The predicted molar refractivity (Wildman–Crippen MR) is 85.7 cm³/mol. The summed E-state index contributed by atoms with van der Waals surface area (Å²) >= 11 is 0. The van der Waals surface area contributed by atoms with Crippen molar-refractivity contribution in [3.63, 3.8) is 0 Å². The first-order valence-electron chi connectivity index (χ1n) is 7.91. The van der Waals surface area contributed by atoms with Crippen molar-refractivity contribution in [2.75, 3.05) is 0 Å². The Hall–Kier alpha value is -1.84. The zero-order valence-electron chi connectivity index (χ0n) is 13.4. The second kappa shape index (κ2) is 6.51. The van der Waals surface area contributed by atoms with Crippen LogP contribution in [0.3, 0.4) is 0 Å². The van der Waals surface area contributed by atoms with Crippen LogP contribution in [0.4, 0.5) is 0 Å². The number of rotatable bonds is 7. The van der Waals surface area contributed by atoms with E-state index in [1.165, 1.54) is 5.56 Å². The number of hydrogen-bond acceptors (Lipinski definition) is 2. The van der Waals surface area contributed by atoms with Gasteiger partial charge in [0, 0.05) is 6.42 Å². The van der Waals surface area contributed by atoms with Crippen molar-refractivity contribution >= 4 is 11.9 Å². The fraction of sp³-hybridized carbons (Fsp3) is 0.556. The third kappa shape index (κ3) is 4.09. The molecule has 4 nitrogen and oxygen atoms in total. The molecule has 0 aliphatic heterocycles. The lowest BCUT2D eigenvalue weighted by atomic mass is 9.74. The molecule has 1 aromatic carbocycles. The number of benzene rings is 1. The normalized spacial score (nSPS) is 16.6. The molecule has 1 saturated carbocycles. The molecule has 1 aromatic rings. The van der Waals surface area contributed by atoms with Gasteiger partial charge >= 0.3 is 5.97 Å². The van der Waals surface area contributed by atoms with Crippen LogP contribution < -0.4 is 5.32 Å². The van der Waals surface area contributed by atoms with Gasteiger partial charge < -0.3 is 10.4 Å². The zero-order chi connectivity index (χ0) is 16.2. The van der Waals surface area contributed by atoms with Crippen LogP contribution >= 0.6 is 0 Å². The Morgan fingerprint density at radius 3 is 2.36 bits per heavy atom. The fourth-order valence-corrected chi connectivity index (χ4v) is 3.06. The number of aliphatic carboxylic acids is 1. The van der Waals surface area contributed by atoms with Gasteiger partial charge in [-0.3, -0.25) is 9.59 Å². The minimum Gasteiger partial charge on any atom is -0.481 e. The van der Waals surface area contributed by atoms with Gasteiger partial charge in [0.15, 0.2) is 0 Å². The van der Waals surface area contributed by atoms with Crippen molar-refractivity contribution < 1.29 is 14.7 Å². The Morgan fingerprint density at radius 1 is 1.23 bits per heavy atom. The number of carboxylic acids is 1. The van der Waals surface area contributed by atoms with E-state index in [0.29, 0.717) is 6.42 Å². The second-order valence-corrected chi connectivity index (χ2v) is 7.00. The van der Waals surface area contributed by atoms with Crippen LogP contribution in [0.15, 0.2) is 30.3 Å². The summed E-state index contributed by atoms with van der Waals surface area (Å²) in [6.45, 7) is 4.26. The predicted octanol–water partition coefficient (Wildman–Crippen LogP) is 3.26. The molecular formula is C18H25NO3. The van der Waals surface area contributed by atoms with Crippen molar-refractivity contribution in [2.24, 2.45) is 0 Å². The van der Waals surface area contributed by atoms with Gasteiger partial charge in [-0.25, -0.2) is 0 Å². The molecule has 120 valence electrons. The van der Waals surface area contributed by atoms with E-state index < -0.39 is 11.5 Å². The number of hydrogen-bond donors (Lipinski definition) is 2. The molecule has 2 rings (SSSR count). The quantitative estimate of drug-likeness (QED) is 0.812. The molecule has 2 N–H and O–H groups in total. The first-order chi connectivity index (χ1) is 10.3. The summed E-state index contributed by atoms with van der Waals surface area (Å²) in [6, 6.07) is 10.2. The third-order valence-corrected chi connectivity index (χ3v) is 4.74. The molecular weight excluding hydrogens is 278 g/mol. The molecule has 4 heteroatoms. The number of nitrogens with one attached hydrogen (secondary N) is 1. The molecule has 0 atom stereocenters. The molecule has 0 saturated heterocycles. The first kappa shape index (κ1) is 16.5. The van der Waals surface area contributed by atoms with E-state index in [9.17, 15) is 9.59 Å². The summed E-state index contributed by atoms with van der Waals surface area (Å²) in [5.74, 6) is -0.880. The Labute approximate surface area is 131 Å². The van der Waals surface area contributed by atoms with Crippen molar-refractivity contribution in [2.45, 2.75) is 63.3 Å². The molecule has 1 aliphatic carbocycles. The number of amides is 1. The highest BCUT2D eigenvalue weighted by atomic mass is 16.4. The van der Waals surface area contributed by atoms with Gasteiger partial charge in [-0.2, -0.15) is 0 Å². The summed E-state index contributed by atoms with van der Waals surface area (Å²) in [5.41, 5.74) is 0.643. The van der Waals surface area contributed by atoms with Gasteiger partial charge in [0.05, 0.1) is 12.0 Å². The molecule has 1 amide bonds. The Morgan fingerprint density at radius 2 is 1.86 bits per heavy atom. The standard InChI is InChI=1S/C18H25NO3/c1-17(2,14-7-4-3-5-8-14)12-9-15(20)19-18(10-6-11-18)13-16(21)22/h3-5,7-8H,6,9-13H2,1-2H3,(H,19,20)(H,21,22). The maximum Gasteiger partial charge on any atom is 0.305 e. The highest BCUT2D eigenvalue weighted by Crippen LogP contribution is 2.35. The van der Waals surface area contributed by atoms with Crippen LogP contribution in [0.25, 0.3) is 0 Å². The molecule has 0 radical (unpaired) electrons. The average Bonchev–Trinajstić information content (AvgIpc) is 2.43. The van der Waals surface area contributed by atoms with Crippen LogP contribution in [0.2, 0.25) is 0 Å². The Balaban J connectivity index is 1.88. The first-order valence-corrected chi connectivity index (χ1v) is 7.91. The van der Waals surface area contributed by atoms with Crippen LogP contribution in [-0.2, 0) is 15.0 Å². The molecule has 22 heavy (non-hydrogen) atoms. The topological polar surface area (TPSA) is 66.4 Å². The lowest BCUT2D eigenvalue weighted by molar-refractivity contribution is -0.140. The fourth-order valence-electron chi connectivity index (χ4n) is 3.06. The maximum absolute atomic E-state index is 12.2. The number of carbonyl (C=O) groups is 2. The van der Waals surface area contributed by atoms with Gasteiger partial charge in [0.25, 0.3) is 0 Å². The summed E-state index contributed by atoms with van der Waals surface area (Å²) < 4.78 is 0. The van der Waals surface area contributed by atoms with E-state index in [-0.39, 0.29) is 17.7 Å². The highest BCUT2D eigenvalue weighted by Gasteiger charge is 2.40. The van der Waals surface area contributed by atoms with Crippen molar-refractivity contribution in [1.29, 1.82) is 0 Å². The molecule has 1 aliphatic rings. The number of carboxylic acid groups (broad SMARTS) is 1. The SMILES string of the molecule is CC(C)(CCC(=O)NC1(CC(=O)O)CCC1)c1ccccc1. The molecule has 0 unspecified atom stereocenters. The minimum absolute atomic E-state index is 0.0286. The maximum atomic E-state index is 12.2. The molecule has 0 spiro atoms. The summed E-state index contributed by atoms with van der Waals surface area (Å²) in [5, 5.41) is 11.9. The molecule has 0 heterocycles. The van der Waals surface area contributed by atoms with E-state index in [4.69, 9.17) is 5.11 Å². The second-order valence-electron chi connectivity index (χ2n) is 7.00. The molecule has 1 fully saturated rings. The third-order valence-electron chi connectivity index (χ3n) is 4.74. The largest absolute Gasteiger partial charge is 0.481 e. The molecule has 0 bridgehead atoms. The van der Waals surface area contributed by atoms with Crippen molar-refractivity contribution in [1.82, 2.24) is 5.32 Å². The zero-order valence-corrected chi connectivity index (χ0v) is 13.4. The van der Waals surface area contributed by atoms with E-state index in [0.717, 1.165) is 25.7 Å². The summed E-state index contributed by atoms with van der Waals surface area (Å²) in [4.78, 5) is 23.1. The van der Waals surface area contributed by atoms with Crippen molar-refractivity contribution in [3.05, 3.63) is 35.9 Å². The van der Waals surface area contributed by atoms with E-state index in [1.807, 2.05) is 18.2 Å². The van der Waals surface area contributed by atoms with Crippen LogP contribution in [-0.4, -0.2) is 22.5 Å². The van der Waals surface area contributed by atoms with Gasteiger partial charge in [0.2, 0.25) is 5.91 Å². The van der Waals surface area contributed by atoms with Gasteiger partial charge in [0.1, 0.15) is 0 Å². The summed E-state index contributed by atoms with van der Waals surface area (Å²) in [6.07, 6.45) is 3.72. The number of carbonyl (C=O) groups excluding carboxylic acids is 1. The van der Waals surface area contributed by atoms with Gasteiger partial charge in [-0.05, 0) is 36.7 Å². The van der Waals surface area contributed by atoms with Crippen LogP contribution in [0.5, 0.6) is 0 Å². The highest BCUT2D eigenvalue weighted by molar-refractivity contribution is 5.78.